The summed E-state index contributed by atoms with van der Waals surface area (Å²) in [5.74, 6) is 0.134. The third-order valence-corrected chi connectivity index (χ3v) is 3.41. The van der Waals surface area contributed by atoms with Crippen LogP contribution in [0.1, 0.15) is 19.3 Å². The van der Waals surface area contributed by atoms with Crippen LogP contribution in [0.25, 0.3) is 0 Å². The molecule has 4 nitrogen and oxygen atoms in total. The molecule has 2 N–H and O–H groups in total. The summed E-state index contributed by atoms with van der Waals surface area (Å²) in [6.45, 7) is 10.6. The number of nitrogens with two attached hydrogens (primary N) is 1. The van der Waals surface area contributed by atoms with Crippen molar-refractivity contribution in [2.45, 2.75) is 25.3 Å². The molecule has 1 rings (SSSR count). The van der Waals surface area contributed by atoms with Crippen LogP contribution in [0.2, 0.25) is 0 Å². The van der Waals surface area contributed by atoms with Crippen molar-refractivity contribution in [1.29, 1.82) is 0 Å². The van der Waals surface area contributed by atoms with Gasteiger partial charge in [0.1, 0.15) is 0 Å². The molecule has 0 saturated carbocycles. The van der Waals surface area contributed by atoms with Crippen molar-refractivity contribution in [3.63, 3.8) is 0 Å². The molecule has 0 aromatic rings. The highest BCUT2D eigenvalue weighted by Crippen LogP contribution is 2.15. The molecule has 1 atom stereocenters. The molecule has 0 aromatic heterocycles. The third-order valence-electron chi connectivity index (χ3n) is 3.41. The lowest BCUT2D eigenvalue weighted by atomic mass is 10.0. The molecule has 0 radical (unpaired) electrons. The number of carbonyl (C=O) groups excluding carboxylic acids is 1. The van der Waals surface area contributed by atoms with Crippen molar-refractivity contribution in [3.05, 3.63) is 25.3 Å². The monoisotopic (exact) mass is 251 g/mol. The van der Waals surface area contributed by atoms with Gasteiger partial charge in [-0.15, -0.1) is 13.2 Å². The van der Waals surface area contributed by atoms with E-state index in [0.717, 1.165) is 19.4 Å². The summed E-state index contributed by atoms with van der Waals surface area (Å²) in [5.41, 5.74) is 5.76. The number of rotatable bonds is 7. The molecule has 1 saturated heterocycles. The number of nitrogens with zero attached hydrogens (tertiary/aromatic N) is 2. The number of likely N-dealkylation sites (tertiary alicyclic amines) is 1. The Morgan fingerprint density at radius 2 is 2.00 bits per heavy atom. The Bertz CT molecular complexity index is 281. The highest BCUT2D eigenvalue weighted by atomic mass is 16.2. The molecule has 1 fully saturated rings. The summed E-state index contributed by atoms with van der Waals surface area (Å²) in [6.07, 6.45) is 6.98. The maximum absolute atomic E-state index is 12.2. The van der Waals surface area contributed by atoms with E-state index >= 15 is 0 Å². The minimum atomic E-state index is 0.134. The maximum Gasteiger partial charge on any atom is 0.237 e. The van der Waals surface area contributed by atoms with Gasteiger partial charge >= 0.3 is 0 Å². The molecule has 0 aromatic carbocycles. The second-order valence-electron chi connectivity index (χ2n) is 4.73. The van der Waals surface area contributed by atoms with E-state index in [1.54, 1.807) is 17.1 Å². The Morgan fingerprint density at radius 1 is 1.33 bits per heavy atom. The molecule has 1 amide bonds. The van der Waals surface area contributed by atoms with E-state index in [0.29, 0.717) is 32.2 Å². The predicted molar refractivity (Wildman–Crippen MR) is 75.2 cm³/mol. The smallest absolute Gasteiger partial charge is 0.237 e. The van der Waals surface area contributed by atoms with Crippen molar-refractivity contribution in [3.8, 4) is 0 Å². The second kappa shape index (κ2) is 8.06. The maximum atomic E-state index is 12.2. The van der Waals surface area contributed by atoms with Crippen LogP contribution in [0, 0.1) is 0 Å². The van der Waals surface area contributed by atoms with Gasteiger partial charge in [0, 0.05) is 25.7 Å². The average molecular weight is 251 g/mol. The van der Waals surface area contributed by atoms with Crippen LogP contribution in [0.4, 0.5) is 0 Å². The highest BCUT2D eigenvalue weighted by molar-refractivity contribution is 5.78. The van der Waals surface area contributed by atoms with E-state index < -0.39 is 0 Å². The summed E-state index contributed by atoms with van der Waals surface area (Å²) in [4.78, 5) is 16.2. The van der Waals surface area contributed by atoms with Crippen molar-refractivity contribution in [2.24, 2.45) is 5.73 Å². The molecule has 0 spiro atoms. The fourth-order valence-corrected chi connectivity index (χ4v) is 2.40. The second-order valence-corrected chi connectivity index (χ2v) is 4.73. The van der Waals surface area contributed by atoms with Gasteiger partial charge in [-0.1, -0.05) is 18.6 Å². The van der Waals surface area contributed by atoms with Crippen LogP contribution in [0.15, 0.2) is 25.3 Å². The van der Waals surface area contributed by atoms with Crippen LogP contribution >= 0.6 is 0 Å². The Balaban J connectivity index is 2.54. The summed E-state index contributed by atoms with van der Waals surface area (Å²) >= 11 is 0. The molecule has 18 heavy (non-hydrogen) atoms. The van der Waals surface area contributed by atoms with Gasteiger partial charge in [-0.05, 0) is 19.4 Å². The zero-order valence-electron chi connectivity index (χ0n) is 11.2. The van der Waals surface area contributed by atoms with Crippen LogP contribution in [-0.2, 0) is 4.79 Å². The van der Waals surface area contributed by atoms with E-state index in [2.05, 4.69) is 18.1 Å². The van der Waals surface area contributed by atoms with Crippen molar-refractivity contribution >= 4 is 5.91 Å². The van der Waals surface area contributed by atoms with E-state index in [-0.39, 0.29) is 5.91 Å². The van der Waals surface area contributed by atoms with Crippen LogP contribution in [0.5, 0.6) is 0 Å². The summed E-state index contributed by atoms with van der Waals surface area (Å²) < 4.78 is 0. The van der Waals surface area contributed by atoms with Crippen LogP contribution in [0.3, 0.4) is 0 Å². The summed E-state index contributed by atoms with van der Waals surface area (Å²) in [7, 11) is 0. The third kappa shape index (κ3) is 4.27. The molecule has 0 bridgehead atoms. The number of amides is 1. The van der Waals surface area contributed by atoms with Gasteiger partial charge < -0.3 is 10.6 Å². The topological polar surface area (TPSA) is 49.6 Å². The lowest BCUT2D eigenvalue weighted by molar-refractivity contribution is -0.132. The lowest BCUT2D eigenvalue weighted by Gasteiger charge is -2.35. The summed E-state index contributed by atoms with van der Waals surface area (Å²) in [5, 5.41) is 0. The van der Waals surface area contributed by atoms with Gasteiger partial charge in [-0.2, -0.15) is 0 Å². The van der Waals surface area contributed by atoms with Gasteiger partial charge in [-0.3, -0.25) is 9.69 Å². The van der Waals surface area contributed by atoms with Crippen LogP contribution < -0.4 is 5.73 Å². The number of carbonyl (C=O) groups is 1. The molecule has 1 aliphatic rings. The molecule has 102 valence electrons. The van der Waals surface area contributed by atoms with Gasteiger partial charge in [-0.25, -0.2) is 0 Å². The first-order valence-corrected chi connectivity index (χ1v) is 6.66. The zero-order chi connectivity index (χ0) is 13.4. The minimum absolute atomic E-state index is 0.134. The molecule has 1 heterocycles. The average Bonchev–Trinajstić information content (AvgIpc) is 2.39. The molecular formula is C14H25N3O. The van der Waals surface area contributed by atoms with Gasteiger partial charge in [0.05, 0.1) is 6.54 Å². The van der Waals surface area contributed by atoms with Crippen LogP contribution in [-0.4, -0.2) is 54.5 Å². The highest BCUT2D eigenvalue weighted by Gasteiger charge is 2.24. The number of hydrogen-bond donors (Lipinski definition) is 1. The predicted octanol–water partition coefficient (Wildman–Crippen LogP) is 1.00. The van der Waals surface area contributed by atoms with Crippen molar-refractivity contribution in [1.82, 2.24) is 9.80 Å². The van der Waals surface area contributed by atoms with E-state index in [1.807, 2.05) is 0 Å². The quantitative estimate of drug-likeness (QED) is 0.687. The van der Waals surface area contributed by atoms with Gasteiger partial charge in [0.25, 0.3) is 0 Å². The lowest BCUT2D eigenvalue weighted by Crippen LogP contribution is -2.49. The molecule has 0 aliphatic carbocycles. The van der Waals surface area contributed by atoms with E-state index in [1.165, 1.54) is 6.42 Å². The fourth-order valence-electron chi connectivity index (χ4n) is 2.40. The molecule has 1 aliphatic heterocycles. The Kier molecular flexibility index (Phi) is 6.68. The molecule has 1 unspecified atom stereocenters. The normalized spacial score (nSPS) is 20.4. The SMILES string of the molecule is C=CCN(CC=C)C(=O)CN1CCCCC1CN. The first-order chi connectivity index (χ1) is 8.72. The van der Waals surface area contributed by atoms with Crippen molar-refractivity contribution in [2.75, 3.05) is 32.7 Å². The summed E-state index contributed by atoms with van der Waals surface area (Å²) in [6, 6.07) is 0.358. The Hall–Kier alpha value is -1.13. The first kappa shape index (κ1) is 14.9. The minimum Gasteiger partial charge on any atom is -0.334 e. The Morgan fingerprint density at radius 3 is 2.56 bits per heavy atom. The molecule has 4 heteroatoms. The number of piperidine rings is 1. The van der Waals surface area contributed by atoms with Gasteiger partial charge in [0.2, 0.25) is 5.91 Å². The standard InChI is InChI=1S/C14H25N3O/c1-3-8-16(9-4-2)14(18)12-17-10-6-5-7-13(17)11-15/h3-4,13H,1-2,5-12,15H2. The largest absolute Gasteiger partial charge is 0.334 e. The fraction of sp³-hybridized carbons (Fsp3) is 0.643. The van der Waals surface area contributed by atoms with E-state index in [9.17, 15) is 4.79 Å². The Labute approximate surface area is 110 Å². The molecular weight excluding hydrogens is 226 g/mol. The van der Waals surface area contributed by atoms with E-state index in [4.69, 9.17) is 5.73 Å². The number of hydrogen-bond acceptors (Lipinski definition) is 3. The zero-order valence-corrected chi connectivity index (χ0v) is 11.2. The van der Waals surface area contributed by atoms with Gasteiger partial charge in [0.15, 0.2) is 0 Å². The van der Waals surface area contributed by atoms with Crippen molar-refractivity contribution < 1.29 is 4.79 Å². The first-order valence-electron chi connectivity index (χ1n) is 6.66.